The number of unbranched alkanes of at least 4 members (excludes halogenated alkanes) is 2. The Morgan fingerprint density at radius 2 is 1.86 bits per heavy atom. The first-order chi connectivity index (χ1) is 13.8. The number of piperidine rings is 1. The first-order valence-corrected chi connectivity index (χ1v) is 12.5. The Morgan fingerprint density at radius 3 is 2.55 bits per heavy atom. The van der Waals surface area contributed by atoms with Gasteiger partial charge in [-0.2, -0.15) is 0 Å². The van der Waals surface area contributed by atoms with Gasteiger partial charge in [-0.05, 0) is 50.3 Å². The molecule has 1 aliphatic heterocycles. The zero-order valence-corrected chi connectivity index (χ0v) is 18.5. The van der Waals surface area contributed by atoms with Crippen molar-refractivity contribution in [3.63, 3.8) is 0 Å². The molecule has 29 heavy (non-hydrogen) atoms. The van der Waals surface area contributed by atoms with E-state index in [-0.39, 0.29) is 17.7 Å². The number of carbonyl (C=O) groups is 2. The number of hydrogen-bond donors (Lipinski definition) is 1. The van der Waals surface area contributed by atoms with Gasteiger partial charge in [-0.1, -0.05) is 38.3 Å². The standard InChI is InChI=1S/C22H34N2O4S/c1-3-4-6-10-18(2)23-21(25)17-29(27,28)16-19-11-9-12-20(15-19)22(26)24-13-7-5-8-14-24/h9,11-12,15,18H,3-8,10,13-14,16-17H2,1-2H3,(H,23,25). The van der Waals surface area contributed by atoms with Crippen LogP contribution in [0, 0.1) is 0 Å². The fourth-order valence-electron chi connectivity index (χ4n) is 3.67. The highest BCUT2D eigenvalue weighted by Gasteiger charge is 2.21. The van der Waals surface area contributed by atoms with Crippen molar-refractivity contribution in [2.45, 2.75) is 70.6 Å². The SMILES string of the molecule is CCCCCC(C)NC(=O)CS(=O)(=O)Cc1cccc(C(=O)N2CCCCC2)c1. The van der Waals surface area contributed by atoms with Crippen LogP contribution in [0.5, 0.6) is 0 Å². The number of nitrogens with zero attached hydrogens (tertiary/aromatic N) is 1. The molecule has 6 nitrogen and oxygen atoms in total. The second-order valence-electron chi connectivity index (χ2n) is 8.05. The number of carbonyl (C=O) groups excluding carboxylic acids is 2. The maximum atomic E-state index is 12.6. The van der Waals surface area contributed by atoms with E-state index >= 15 is 0 Å². The largest absolute Gasteiger partial charge is 0.353 e. The number of nitrogens with one attached hydrogen (secondary N) is 1. The van der Waals surface area contributed by atoms with E-state index < -0.39 is 21.5 Å². The molecular formula is C22H34N2O4S. The number of amides is 2. The molecule has 162 valence electrons. The van der Waals surface area contributed by atoms with Gasteiger partial charge in [0.1, 0.15) is 5.75 Å². The van der Waals surface area contributed by atoms with E-state index in [1.54, 1.807) is 24.3 Å². The maximum Gasteiger partial charge on any atom is 0.253 e. The second kappa shape index (κ2) is 11.3. The van der Waals surface area contributed by atoms with Gasteiger partial charge >= 0.3 is 0 Å². The van der Waals surface area contributed by atoms with Crippen molar-refractivity contribution in [2.75, 3.05) is 18.8 Å². The van der Waals surface area contributed by atoms with E-state index in [2.05, 4.69) is 12.2 Å². The molecule has 1 aromatic rings. The van der Waals surface area contributed by atoms with Crippen LogP contribution in [0.2, 0.25) is 0 Å². The molecule has 1 atom stereocenters. The Balaban J connectivity index is 1.92. The minimum Gasteiger partial charge on any atom is -0.353 e. The number of likely N-dealkylation sites (tertiary alicyclic amines) is 1. The van der Waals surface area contributed by atoms with E-state index in [0.717, 1.165) is 58.0 Å². The third-order valence-corrected chi connectivity index (χ3v) is 6.68. The van der Waals surface area contributed by atoms with Crippen LogP contribution in [-0.4, -0.2) is 50.0 Å². The summed E-state index contributed by atoms with van der Waals surface area (Å²) in [7, 11) is -3.61. The molecule has 7 heteroatoms. The minimum atomic E-state index is -3.61. The highest BCUT2D eigenvalue weighted by Crippen LogP contribution is 2.16. The van der Waals surface area contributed by atoms with Crippen molar-refractivity contribution < 1.29 is 18.0 Å². The van der Waals surface area contributed by atoms with Crippen LogP contribution in [-0.2, 0) is 20.4 Å². The Morgan fingerprint density at radius 1 is 1.14 bits per heavy atom. The summed E-state index contributed by atoms with van der Waals surface area (Å²) >= 11 is 0. The summed E-state index contributed by atoms with van der Waals surface area (Å²) in [5.41, 5.74) is 1.05. The van der Waals surface area contributed by atoms with Gasteiger partial charge in [0.05, 0.1) is 5.75 Å². The molecule has 1 unspecified atom stereocenters. The molecule has 1 heterocycles. The van der Waals surface area contributed by atoms with Crippen LogP contribution in [0.3, 0.4) is 0 Å². The molecule has 0 aliphatic carbocycles. The summed E-state index contributed by atoms with van der Waals surface area (Å²) in [6.07, 6.45) is 7.22. The van der Waals surface area contributed by atoms with Crippen molar-refractivity contribution in [1.29, 1.82) is 0 Å². The minimum absolute atomic E-state index is 0.0326. The Kier molecular flexibility index (Phi) is 9.14. The molecular weight excluding hydrogens is 388 g/mol. The van der Waals surface area contributed by atoms with Gasteiger partial charge in [0, 0.05) is 24.7 Å². The monoisotopic (exact) mass is 422 g/mol. The molecule has 1 aliphatic rings. The lowest BCUT2D eigenvalue weighted by Gasteiger charge is -2.26. The molecule has 1 fully saturated rings. The normalized spacial score (nSPS) is 15.7. The lowest BCUT2D eigenvalue weighted by Crippen LogP contribution is -2.37. The lowest BCUT2D eigenvalue weighted by atomic mass is 10.1. The zero-order chi connectivity index (χ0) is 21.3. The van der Waals surface area contributed by atoms with Gasteiger partial charge in [-0.3, -0.25) is 9.59 Å². The predicted octanol–water partition coefficient (Wildman–Crippen LogP) is 3.31. The van der Waals surface area contributed by atoms with Gasteiger partial charge in [-0.15, -0.1) is 0 Å². The Bertz CT molecular complexity index is 786. The summed E-state index contributed by atoms with van der Waals surface area (Å²) in [5.74, 6) is -1.29. The quantitative estimate of drug-likeness (QED) is 0.586. The van der Waals surface area contributed by atoms with Crippen molar-refractivity contribution in [2.24, 2.45) is 0 Å². The molecule has 0 spiro atoms. The molecule has 2 amide bonds. The van der Waals surface area contributed by atoms with E-state index in [1.165, 1.54) is 0 Å². The molecule has 1 saturated heterocycles. The zero-order valence-electron chi connectivity index (χ0n) is 17.7. The summed E-state index contributed by atoms with van der Waals surface area (Å²) < 4.78 is 25.0. The number of sulfone groups is 1. The van der Waals surface area contributed by atoms with Crippen LogP contribution in [0.1, 0.15) is 74.7 Å². The van der Waals surface area contributed by atoms with Crippen LogP contribution in [0.25, 0.3) is 0 Å². The summed E-state index contributed by atoms with van der Waals surface area (Å²) in [6.45, 7) is 5.51. The first-order valence-electron chi connectivity index (χ1n) is 10.7. The van der Waals surface area contributed by atoms with Crippen molar-refractivity contribution in [1.82, 2.24) is 10.2 Å². The topological polar surface area (TPSA) is 83.5 Å². The molecule has 1 N–H and O–H groups in total. The average Bonchev–Trinajstić information content (AvgIpc) is 2.67. The van der Waals surface area contributed by atoms with E-state index in [4.69, 9.17) is 0 Å². The van der Waals surface area contributed by atoms with Gasteiger partial charge in [0.2, 0.25) is 5.91 Å². The maximum absolute atomic E-state index is 12.6. The smallest absolute Gasteiger partial charge is 0.253 e. The van der Waals surface area contributed by atoms with E-state index in [0.29, 0.717) is 11.1 Å². The third kappa shape index (κ3) is 8.17. The van der Waals surface area contributed by atoms with Crippen molar-refractivity contribution >= 4 is 21.7 Å². The van der Waals surface area contributed by atoms with Crippen LogP contribution in [0.4, 0.5) is 0 Å². The summed E-state index contributed by atoms with van der Waals surface area (Å²) in [4.78, 5) is 26.6. The molecule has 0 aromatic heterocycles. The van der Waals surface area contributed by atoms with Gasteiger partial charge in [0.25, 0.3) is 5.91 Å². The van der Waals surface area contributed by atoms with Gasteiger partial charge in [-0.25, -0.2) is 8.42 Å². The second-order valence-corrected chi connectivity index (χ2v) is 10.1. The molecule has 0 bridgehead atoms. The highest BCUT2D eigenvalue weighted by molar-refractivity contribution is 7.91. The highest BCUT2D eigenvalue weighted by atomic mass is 32.2. The molecule has 0 saturated carbocycles. The van der Waals surface area contributed by atoms with Gasteiger partial charge in [0.15, 0.2) is 9.84 Å². The lowest BCUT2D eigenvalue weighted by molar-refractivity contribution is -0.119. The van der Waals surface area contributed by atoms with Crippen LogP contribution < -0.4 is 5.32 Å². The van der Waals surface area contributed by atoms with Gasteiger partial charge < -0.3 is 10.2 Å². The molecule has 1 aromatic carbocycles. The average molecular weight is 423 g/mol. The van der Waals surface area contributed by atoms with E-state index in [9.17, 15) is 18.0 Å². The van der Waals surface area contributed by atoms with Crippen molar-refractivity contribution in [3.8, 4) is 0 Å². The van der Waals surface area contributed by atoms with E-state index in [1.807, 2.05) is 11.8 Å². The van der Waals surface area contributed by atoms with Crippen molar-refractivity contribution in [3.05, 3.63) is 35.4 Å². The number of hydrogen-bond acceptors (Lipinski definition) is 4. The fourth-order valence-corrected chi connectivity index (χ4v) is 4.94. The number of rotatable bonds is 10. The first kappa shape index (κ1) is 23.4. The summed E-state index contributed by atoms with van der Waals surface area (Å²) in [5, 5.41) is 2.77. The Hall–Kier alpha value is -1.89. The van der Waals surface area contributed by atoms with Crippen LogP contribution in [0.15, 0.2) is 24.3 Å². The summed E-state index contributed by atoms with van der Waals surface area (Å²) in [6, 6.07) is 6.72. The predicted molar refractivity (Wildman–Crippen MR) is 115 cm³/mol. The number of benzene rings is 1. The molecule has 2 rings (SSSR count). The third-order valence-electron chi connectivity index (χ3n) is 5.20. The molecule has 0 radical (unpaired) electrons. The van der Waals surface area contributed by atoms with Crippen LogP contribution >= 0.6 is 0 Å². The fraction of sp³-hybridized carbons (Fsp3) is 0.636. The Labute approximate surface area is 175 Å².